The standard InChI is InChI=1S/C9H15N3OS/c1-3-12(2)9(13)7-6-14-8(11-7)4-5-10/h6H,3-5,10H2,1-2H3. The molecule has 1 aromatic heterocycles. The molecule has 1 amide bonds. The average Bonchev–Trinajstić information content (AvgIpc) is 2.64. The van der Waals surface area contributed by atoms with Gasteiger partial charge >= 0.3 is 0 Å². The fourth-order valence-electron chi connectivity index (χ4n) is 0.987. The van der Waals surface area contributed by atoms with Crippen molar-refractivity contribution in [1.82, 2.24) is 9.88 Å². The van der Waals surface area contributed by atoms with Crippen LogP contribution in [0.25, 0.3) is 0 Å². The van der Waals surface area contributed by atoms with Crippen LogP contribution in [-0.4, -0.2) is 35.9 Å². The third-order valence-corrected chi connectivity index (χ3v) is 2.86. The van der Waals surface area contributed by atoms with Gasteiger partial charge in [-0.3, -0.25) is 4.79 Å². The Labute approximate surface area is 87.7 Å². The lowest BCUT2D eigenvalue weighted by Crippen LogP contribution is -2.26. The van der Waals surface area contributed by atoms with Crippen LogP contribution in [0.1, 0.15) is 22.4 Å². The van der Waals surface area contributed by atoms with Gasteiger partial charge in [-0.2, -0.15) is 0 Å². The van der Waals surface area contributed by atoms with E-state index in [1.54, 1.807) is 17.3 Å². The number of carbonyl (C=O) groups excluding carboxylic acids is 1. The van der Waals surface area contributed by atoms with Crippen LogP contribution in [0, 0.1) is 0 Å². The molecule has 78 valence electrons. The van der Waals surface area contributed by atoms with Crippen LogP contribution in [0.15, 0.2) is 5.38 Å². The van der Waals surface area contributed by atoms with Gasteiger partial charge in [0.25, 0.3) is 5.91 Å². The Bertz CT molecular complexity index is 311. The molecule has 2 N–H and O–H groups in total. The van der Waals surface area contributed by atoms with E-state index in [1.165, 1.54) is 11.3 Å². The van der Waals surface area contributed by atoms with Crippen LogP contribution in [0.3, 0.4) is 0 Å². The molecule has 4 nitrogen and oxygen atoms in total. The molecule has 1 rings (SSSR count). The van der Waals surface area contributed by atoms with Gasteiger partial charge in [-0.05, 0) is 13.5 Å². The largest absolute Gasteiger partial charge is 0.341 e. The SMILES string of the molecule is CCN(C)C(=O)c1csc(CCN)n1. The number of aromatic nitrogens is 1. The Morgan fingerprint density at radius 3 is 3.00 bits per heavy atom. The molecular formula is C9H15N3OS. The highest BCUT2D eigenvalue weighted by atomic mass is 32.1. The molecule has 0 aliphatic heterocycles. The van der Waals surface area contributed by atoms with Crippen molar-refractivity contribution in [3.05, 3.63) is 16.1 Å². The van der Waals surface area contributed by atoms with E-state index in [9.17, 15) is 4.79 Å². The second kappa shape index (κ2) is 5.07. The highest BCUT2D eigenvalue weighted by Gasteiger charge is 2.13. The molecule has 14 heavy (non-hydrogen) atoms. The normalized spacial score (nSPS) is 10.2. The summed E-state index contributed by atoms with van der Waals surface area (Å²) >= 11 is 1.49. The number of carbonyl (C=O) groups is 1. The summed E-state index contributed by atoms with van der Waals surface area (Å²) in [6.45, 7) is 3.21. The maximum Gasteiger partial charge on any atom is 0.273 e. The monoisotopic (exact) mass is 213 g/mol. The van der Waals surface area contributed by atoms with E-state index in [2.05, 4.69) is 4.98 Å². The van der Waals surface area contributed by atoms with E-state index in [4.69, 9.17) is 5.73 Å². The van der Waals surface area contributed by atoms with Crippen molar-refractivity contribution in [2.24, 2.45) is 5.73 Å². The van der Waals surface area contributed by atoms with Crippen LogP contribution in [-0.2, 0) is 6.42 Å². The van der Waals surface area contributed by atoms with Crippen molar-refractivity contribution >= 4 is 17.2 Å². The van der Waals surface area contributed by atoms with E-state index in [0.717, 1.165) is 11.4 Å². The molecule has 1 heterocycles. The molecule has 0 aliphatic carbocycles. The Morgan fingerprint density at radius 2 is 2.43 bits per heavy atom. The summed E-state index contributed by atoms with van der Waals surface area (Å²) in [5.74, 6) is -0.0213. The average molecular weight is 213 g/mol. The first kappa shape index (κ1) is 11.1. The van der Waals surface area contributed by atoms with E-state index in [-0.39, 0.29) is 5.91 Å². The van der Waals surface area contributed by atoms with Crippen LogP contribution >= 0.6 is 11.3 Å². The topological polar surface area (TPSA) is 59.2 Å². The molecule has 0 aromatic carbocycles. The molecule has 1 aromatic rings. The summed E-state index contributed by atoms with van der Waals surface area (Å²) in [6.07, 6.45) is 0.744. The molecule has 0 saturated carbocycles. The lowest BCUT2D eigenvalue weighted by atomic mass is 10.4. The molecule has 0 saturated heterocycles. The van der Waals surface area contributed by atoms with Crippen molar-refractivity contribution in [3.8, 4) is 0 Å². The van der Waals surface area contributed by atoms with Gasteiger partial charge < -0.3 is 10.6 Å². The molecule has 0 atom stereocenters. The van der Waals surface area contributed by atoms with Gasteiger partial charge in [-0.15, -0.1) is 11.3 Å². The van der Waals surface area contributed by atoms with Crippen LogP contribution in [0.4, 0.5) is 0 Å². The van der Waals surface area contributed by atoms with Crippen molar-refractivity contribution in [3.63, 3.8) is 0 Å². The lowest BCUT2D eigenvalue weighted by molar-refractivity contribution is 0.0797. The van der Waals surface area contributed by atoms with Gasteiger partial charge in [0.15, 0.2) is 0 Å². The molecule has 0 bridgehead atoms. The first-order valence-electron chi connectivity index (χ1n) is 4.59. The summed E-state index contributed by atoms with van der Waals surface area (Å²) < 4.78 is 0. The van der Waals surface area contributed by atoms with Crippen molar-refractivity contribution in [1.29, 1.82) is 0 Å². The first-order valence-corrected chi connectivity index (χ1v) is 5.47. The fraction of sp³-hybridized carbons (Fsp3) is 0.556. The Hall–Kier alpha value is -0.940. The molecule has 0 spiro atoms. The first-order chi connectivity index (χ1) is 6.69. The summed E-state index contributed by atoms with van der Waals surface area (Å²) in [5, 5.41) is 2.72. The van der Waals surface area contributed by atoms with Crippen molar-refractivity contribution in [2.75, 3.05) is 20.1 Å². The highest BCUT2D eigenvalue weighted by molar-refractivity contribution is 7.09. The fourth-order valence-corrected chi connectivity index (χ4v) is 1.77. The molecule has 0 fully saturated rings. The maximum atomic E-state index is 11.6. The Kier molecular flexibility index (Phi) is 4.03. The number of hydrogen-bond acceptors (Lipinski definition) is 4. The molecular weight excluding hydrogens is 198 g/mol. The van der Waals surface area contributed by atoms with E-state index in [1.807, 2.05) is 6.92 Å². The smallest absolute Gasteiger partial charge is 0.273 e. The quantitative estimate of drug-likeness (QED) is 0.802. The van der Waals surface area contributed by atoms with Gasteiger partial charge in [0.1, 0.15) is 5.69 Å². The summed E-state index contributed by atoms with van der Waals surface area (Å²) in [6, 6.07) is 0. The van der Waals surface area contributed by atoms with Gasteiger partial charge in [-0.1, -0.05) is 0 Å². The van der Waals surface area contributed by atoms with Crippen LogP contribution < -0.4 is 5.73 Å². The molecule has 0 aliphatic rings. The van der Waals surface area contributed by atoms with E-state index < -0.39 is 0 Å². The Morgan fingerprint density at radius 1 is 1.71 bits per heavy atom. The predicted molar refractivity (Wildman–Crippen MR) is 57.5 cm³/mol. The number of amides is 1. The zero-order valence-electron chi connectivity index (χ0n) is 8.49. The second-order valence-electron chi connectivity index (χ2n) is 2.98. The minimum Gasteiger partial charge on any atom is -0.341 e. The van der Waals surface area contributed by atoms with Gasteiger partial charge in [0.05, 0.1) is 5.01 Å². The minimum absolute atomic E-state index is 0.0213. The van der Waals surface area contributed by atoms with Crippen LogP contribution in [0.5, 0.6) is 0 Å². The number of hydrogen-bond donors (Lipinski definition) is 1. The van der Waals surface area contributed by atoms with Gasteiger partial charge in [-0.25, -0.2) is 4.98 Å². The summed E-state index contributed by atoms with van der Waals surface area (Å²) in [7, 11) is 1.77. The van der Waals surface area contributed by atoms with E-state index >= 15 is 0 Å². The maximum absolute atomic E-state index is 11.6. The zero-order chi connectivity index (χ0) is 10.6. The van der Waals surface area contributed by atoms with Gasteiger partial charge in [0, 0.05) is 25.4 Å². The highest BCUT2D eigenvalue weighted by Crippen LogP contribution is 2.11. The van der Waals surface area contributed by atoms with Crippen molar-refractivity contribution < 1.29 is 4.79 Å². The number of nitrogens with two attached hydrogens (primary N) is 1. The predicted octanol–water partition coefficient (Wildman–Crippen LogP) is 0.736. The number of thiazole rings is 1. The summed E-state index contributed by atoms with van der Waals surface area (Å²) in [4.78, 5) is 17.5. The van der Waals surface area contributed by atoms with Crippen molar-refractivity contribution in [2.45, 2.75) is 13.3 Å². The second-order valence-corrected chi connectivity index (χ2v) is 3.93. The summed E-state index contributed by atoms with van der Waals surface area (Å²) in [5.41, 5.74) is 5.93. The van der Waals surface area contributed by atoms with Crippen LogP contribution in [0.2, 0.25) is 0 Å². The number of nitrogens with zero attached hydrogens (tertiary/aromatic N) is 2. The lowest BCUT2D eigenvalue weighted by Gasteiger charge is -2.11. The molecule has 0 unspecified atom stereocenters. The zero-order valence-corrected chi connectivity index (χ0v) is 9.30. The third-order valence-electron chi connectivity index (χ3n) is 1.95. The Balaban J connectivity index is 2.71. The van der Waals surface area contributed by atoms with E-state index in [0.29, 0.717) is 18.8 Å². The third kappa shape index (κ3) is 2.52. The molecule has 5 heteroatoms. The van der Waals surface area contributed by atoms with Gasteiger partial charge in [0.2, 0.25) is 0 Å². The number of rotatable bonds is 4. The molecule has 0 radical (unpaired) electrons. The minimum atomic E-state index is -0.0213.